The number of hydrogen-bond acceptors (Lipinski definition) is 3. The summed E-state index contributed by atoms with van der Waals surface area (Å²) >= 11 is 0. The summed E-state index contributed by atoms with van der Waals surface area (Å²) in [6, 6.07) is 17.2. The van der Waals surface area contributed by atoms with E-state index in [0.717, 1.165) is 10.5 Å². The van der Waals surface area contributed by atoms with Crippen molar-refractivity contribution in [1.82, 2.24) is 10.2 Å². The number of nitrogens with zero attached hydrogens (tertiary/aromatic N) is 1. The van der Waals surface area contributed by atoms with E-state index in [9.17, 15) is 14.4 Å². The third-order valence-electron chi connectivity index (χ3n) is 3.57. The van der Waals surface area contributed by atoms with Gasteiger partial charge >= 0.3 is 43.8 Å². The second kappa shape index (κ2) is 7.72. The Labute approximate surface area is 166 Å². The molecule has 1 aliphatic heterocycles. The van der Waals surface area contributed by atoms with Crippen molar-refractivity contribution in [2.24, 2.45) is 0 Å². The van der Waals surface area contributed by atoms with E-state index in [1.165, 1.54) is 0 Å². The minimum atomic E-state index is -0.984. The monoisotopic (exact) mass is 336 g/mol. The average Bonchev–Trinajstić information content (AvgIpc) is 2.53. The molecule has 1 fully saturated rings. The summed E-state index contributed by atoms with van der Waals surface area (Å²) in [4.78, 5) is 37.7. The van der Waals surface area contributed by atoms with Crippen molar-refractivity contribution in [3.8, 4) is 0 Å². The zero-order valence-corrected chi connectivity index (χ0v) is 14.6. The van der Waals surface area contributed by atoms with Gasteiger partial charge in [0.2, 0.25) is 11.8 Å². The number of barbiturate groups is 1. The largest absolute Gasteiger partial charge is 2.00 e. The van der Waals surface area contributed by atoms with Gasteiger partial charge in [-0.3, -0.25) is 19.8 Å². The molecular formula is C17H16CaN2O3. The second-order valence-corrected chi connectivity index (χ2v) is 5.05. The molecule has 1 unspecified atom stereocenters. The fourth-order valence-corrected chi connectivity index (χ4v) is 2.47. The van der Waals surface area contributed by atoms with Crippen molar-refractivity contribution in [2.75, 3.05) is 0 Å². The minimum absolute atomic E-state index is 0. The van der Waals surface area contributed by atoms with Gasteiger partial charge in [0.15, 0.2) is 0 Å². The van der Waals surface area contributed by atoms with Gasteiger partial charge in [-0.25, -0.2) is 4.79 Å². The number of rotatable bonds is 3. The quantitative estimate of drug-likeness (QED) is 0.688. The van der Waals surface area contributed by atoms with Crippen LogP contribution in [0, 0.1) is 0 Å². The molecule has 4 amide bonds. The Morgan fingerprint density at radius 1 is 0.913 bits per heavy atom. The van der Waals surface area contributed by atoms with Crippen LogP contribution in [0.4, 0.5) is 4.79 Å². The predicted octanol–water partition coefficient (Wildman–Crippen LogP) is 1.89. The van der Waals surface area contributed by atoms with Crippen molar-refractivity contribution in [1.29, 1.82) is 0 Å². The topological polar surface area (TPSA) is 66.5 Å². The van der Waals surface area contributed by atoms with Crippen LogP contribution < -0.4 is 5.32 Å². The number of imide groups is 2. The van der Waals surface area contributed by atoms with E-state index in [1.807, 2.05) is 36.4 Å². The van der Waals surface area contributed by atoms with Gasteiger partial charge in [-0.1, -0.05) is 60.7 Å². The molecule has 5 nitrogen and oxygen atoms in total. The van der Waals surface area contributed by atoms with Crippen molar-refractivity contribution in [3.63, 3.8) is 0 Å². The molecule has 1 saturated heterocycles. The summed E-state index contributed by atoms with van der Waals surface area (Å²) in [6.45, 7) is 0.141. The smallest absolute Gasteiger partial charge is 1.00 e. The molecule has 0 bridgehead atoms. The average molecular weight is 336 g/mol. The predicted molar refractivity (Wildman–Crippen MR) is 87.7 cm³/mol. The molecule has 0 aliphatic carbocycles. The standard InChI is InChI=1S/C17H14N2O3.Ca.2H/c20-15-14(13-9-5-2-6-10-13)16(21)19(17(22)18-15)11-12-7-3-1-4-8-12;;;/h1-10,14H,11H2,(H,18,20,22);;;/q;+2;2*-1. The van der Waals surface area contributed by atoms with Gasteiger partial charge in [0.1, 0.15) is 5.92 Å². The van der Waals surface area contributed by atoms with Crippen molar-refractivity contribution in [2.45, 2.75) is 12.5 Å². The molecule has 1 heterocycles. The summed E-state index contributed by atoms with van der Waals surface area (Å²) < 4.78 is 0. The Hall–Kier alpha value is -1.69. The summed E-state index contributed by atoms with van der Waals surface area (Å²) in [5.41, 5.74) is 1.41. The normalized spacial score (nSPS) is 17.5. The molecule has 1 aliphatic rings. The van der Waals surface area contributed by atoms with E-state index in [4.69, 9.17) is 0 Å². The van der Waals surface area contributed by atoms with Crippen LogP contribution in [0.5, 0.6) is 0 Å². The molecule has 2 aromatic rings. The van der Waals surface area contributed by atoms with Crippen LogP contribution in [-0.4, -0.2) is 60.5 Å². The van der Waals surface area contributed by atoms with Crippen LogP contribution >= 0.6 is 0 Å². The first-order valence-electron chi connectivity index (χ1n) is 6.92. The van der Waals surface area contributed by atoms with Gasteiger partial charge in [-0.15, -0.1) is 0 Å². The molecule has 0 radical (unpaired) electrons. The first-order valence-corrected chi connectivity index (χ1v) is 6.92. The third-order valence-corrected chi connectivity index (χ3v) is 3.57. The second-order valence-electron chi connectivity index (χ2n) is 5.05. The Morgan fingerprint density at radius 3 is 2.09 bits per heavy atom. The number of hydrogen-bond donors (Lipinski definition) is 1. The van der Waals surface area contributed by atoms with E-state index in [1.54, 1.807) is 24.3 Å². The zero-order valence-electron chi connectivity index (χ0n) is 14.4. The van der Waals surface area contributed by atoms with Crippen molar-refractivity contribution in [3.05, 3.63) is 71.8 Å². The number of carbonyl (C=O) groups excluding carboxylic acids is 3. The van der Waals surface area contributed by atoms with Gasteiger partial charge in [-0.2, -0.15) is 0 Å². The van der Waals surface area contributed by atoms with Crippen LogP contribution in [0.2, 0.25) is 0 Å². The molecule has 114 valence electrons. The first-order chi connectivity index (χ1) is 10.7. The number of carbonyl (C=O) groups is 3. The van der Waals surface area contributed by atoms with E-state index in [0.29, 0.717) is 5.56 Å². The van der Waals surface area contributed by atoms with Crippen LogP contribution in [0.1, 0.15) is 19.9 Å². The van der Waals surface area contributed by atoms with Gasteiger partial charge in [-0.05, 0) is 11.1 Å². The Kier molecular flexibility index (Phi) is 5.93. The van der Waals surface area contributed by atoms with Crippen molar-refractivity contribution >= 4 is 55.6 Å². The molecule has 0 saturated carbocycles. The maximum Gasteiger partial charge on any atom is 2.00 e. The van der Waals surface area contributed by atoms with Crippen LogP contribution in [-0.2, 0) is 16.1 Å². The van der Waals surface area contributed by atoms with Gasteiger partial charge in [0.25, 0.3) is 0 Å². The summed E-state index contributed by atoms with van der Waals surface area (Å²) in [5.74, 6) is -2.06. The van der Waals surface area contributed by atoms with Crippen LogP contribution in [0.25, 0.3) is 0 Å². The van der Waals surface area contributed by atoms with Crippen molar-refractivity contribution < 1.29 is 17.2 Å². The summed E-state index contributed by atoms with van der Waals surface area (Å²) in [7, 11) is 0. The molecule has 2 aromatic carbocycles. The molecular weight excluding hydrogens is 320 g/mol. The number of amides is 4. The Balaban J connectivity index is 0.00000192. The maximum absolute atomic E-state index is 12.6. The number of urea groups is 1. The molecule has 23 heavy (non-hydrogen) atoms. The Morgan fingerprint density at radius 2 is 1.48 bits per heavy atom. The summed E-state index contributed by atoms with van der Waals surface area (Å²) in [5, 5.41) is 2.26. The molecule has 1 atom stereocenters. The summed E-state index contributed by atoms with van der Waals surface area (Å²) in [6.07, 6.45) is 0. The molecule has 6 heteroatoms. The third kappa shape index (κ3) is 3.80. The first kappa shape index (κ1) is 17.7. The zero-order chi connectivity index (χ0) is 15.5. The van der Waals surface area contributed by atoms with Gasteiger partial charge < -0.3 is 2.85 Å². The van der Waals surface area contributed by atoms with E-state index < -0.39 is 23.8 Å². The molecule has 3 rings (SSSR count). The SMILES string of the molecule is O=C1NC(=O)N(Cc2ccccc2)C(=O)C1c1ccccc1.[Ca+2].[H-].[H-]. The number of nitrogens with one attached hydrogen (secondary N) is 1. The molecule has 0 aromatic heterocycles. The van der Waals surface area contributed by atoms with Gasteiger partial charge in [0, 0.05) is 0 Å². The molecule has 0 spiro atoms. The van der Waals surface area contributed by atoms with Crippen LogP contribution in [0.3, 0.4) is 0 Å². The van der Waals surface area contributed by atoms with Gasteiger partial charge in [0.05, 0.1) is 6.54 Å². The van der Waals surface area contributed by atoms with E-state index >= 15 is 0 Å². The maximum atomic E-state index is 12.6. The molecule has 1 N–H and O–H groups in total. The fraction of sp³-hybridized carbons (Fsp3) is 0.118. The van der Waals surface area contributed by atoms with E-state index in [-0.39, 0.29) is 47.1 Å². The minimum Gasteiger partial charge on any atom is -1.00 e. The number of benzene rings is 2. The Bertz CT molecular complexity index is 729. The fourth-order valence-electron chi connectivity index (χ4n) is 2.47. The van der Waals surface area contributed by atoms with Crippen LogP contribution in [0.15, 0.2) is 60.7 Å². The van der Waals surface area contributed by atoms with E-state index in [2.05, 4.69) is 5.32 Å².